The molecule has 0 bridgehead atoms. The van der Waals surface area contributed by atoms with Gasteiger partial charge in [-0.05, 0) is 18.2 Å². The van der Waals surface area contributed by atoms with Crippen LogP contribution in [0.5, 0.6) is 5.75 Å². The first kappa shape index (κ1) is 12.9. The molecule has 0 aliphatic heterocycles. The van der Waals surface area contributed by atoms with Crippen LogP contribution in [0.2, 0.25) is 0 Å². The molecule has 100 valence electrons. The fourth-order valence-electron chi connectivity index (χ4n) is 1.54. The number of nitrogens with two attached hydrogens (primary N) is 1. The normalized spacial score (nSPS) is 10.2. The number of rotatable bonds is 4. The van der Waals surface area contributed by atoms with Crippen molar-refractivity contribution in [1.29, 1.82) is 0 Å². The van der Waals surface area contributed by atoms with Gasteiger partial charge in [0.25, 0.3) is 0 Å². The molecule has 2 rings (SSSR count). The number of nitrogens with zero attached hydrogens (tertiary/aromatic N) is 3. The molecule has 2 N–H and O–H groups in total. The van der Waals surface area contributed by atoms with Gasteiger partial charge < -0.3 is 15.2 Å². The van der Waals surface area contributed by atoms with Crippen molar-refractivity contribution in [2.45, 2.75) is 6.61 Å². The largest absolute Gasteiger partial charge is 0.485 e. The number of hydrogen-bond donors (Lipinski definition) is 1. The van der Waals surface area contributed by atoms with Crippen molar-refractivity contribution in [3.8, 4) is 5.75 Å². The molecule has 0 unspecified atom stereocenters. The molecule has 0 saturated heterocycles. The quantitative estimate of drug-likeness (QED) is 0.646. The van der Waals surface area contributed by atoms with Crippen LogP contribution in [0.3, 0.4) is 0 Å². The Morgan fingerprint density at radius 1 is 1.47 bits per heavy atom. The van der Waals surface area contributed by atoms with Crippen molar-refractivity contribution < 1.29 is 14.3 Å². The average molecular weight is 262 g/mol. The van der Waals surface area contributed by atoms with E-state index >= 15 is 0 Å². The van der Waals surface area contributed by atoms with E-state index in [4.69, 9.17) is 10.5 Å². The van der Waals surface area contributed by atoms with Crippen LogP contribution >= 0.6 is 0 Å². The van der Waals surface area contributed by atoms with Crippen LogP contribution in [-0.2, 0) is 18.4 Å². The maximum Gasteiger partial charge on any atom is 0.337 e. The summed E-state index contributed by atoms with van der Waals surface area (Å²) in [7, 11) is 3.09. The van der Waals surface area contributed by atoms with Gasteiger partial charge in [0, 0.05) is 7.05 Å². The Morgan fingerprint density at radius 2 is 2.26 bits per heavy atom. The topological polar surface area (TPSA) is 92.3 Å². The van der Waals surface area contributed by atoms with E-state index in [0.717, 1.165) is 0 Å². The predicted molar refractivity (Wildman–Crippen MR) is 67.5 cm³/mol. The summed E-state index contributed by atoms with van der Waals surface area (Å²) in [5, 5.41) is 7.69. The van der Waals surface area contributed by atoms with Crippen LogP contribution in [0.1, 0.15) is 16.1 Å². The Bertz CT molecular complexity index is 594. The zero-order valence-corrected chi connectivity index (χ0v) is 10.7. The number of aryl methyl sites for hydroxylation is 1. The first-order chi connectivity index (χ1) is 9.10. The number of methoxy groups -OCH3 is 1. The minimum Gasteiger partial charge on any atom is -0.485 e. The predicted octanol–water partition coefficient (Wildman–Crippen LogP) is 0.763. The zero-order chi connectivity index (χ0) is 13.8. The van der Waals surface area contributed by atoms with Crippen LogP contribution in [0, 0.1) is 0 Å². The molecule has 0 aliphatic rings. The molecular formula is C12H14N4O3. The van der Waals surface area contributed by atoms with E-state index in [1.807, 2.05) is 0 Å². The van der Waals surface area contributed by atoms with Crippen LogP contribution in [-0.4, -0.2) is 28.1 Å². The first-order valence-electron chi connectivity index (χ1n) is 5.56. The summed E-state index contributed by atoms with van der Waals surface area (Å²) in [6.45, 7) is 0.260. The number of esters is 1. The summed E-state index contributed by atoms with van der Waals surface area (Å²) >= 11 is 0. The summed E-state index contributed by atoms with van der Waals surface area (Å²) in [6, 6.07) is 4.73. The number of nitrogen functional groups attached to an aromatic ring is 1. The minimum atomic E-state index is -0.438. The molecule has 19 heavy (non-hydrogen) atoms. The van der Waals surface area contributed by atoms with Gasteiger partial charge in [-0.25, -0.2) is 4.79 Å². The third-order valence-electron chi connectivity index (χ3n) is 2.46. The van der Waals surface area contributed by atoms with Gasteiger partial charge in [0.15, 0.2) is 0 Å². The number of ether oxygens (including phenoxy) is 2. The van der Waals surface area contributed by atoms with E-state index in [1.54, 1.807) is 30.1 Å². The monoisotopic (exact) mass is 262 g/mol. The average Bonchev–Trinajstić information content (AvgIpc) is 2.82. The smallest absolute Gasteiger partial charge is 0.337 e. The molecule has 7 heteroatoms. The summed E-state index contributed by atoms with van der Waals surface area (Å²) < 4.78 is 11.7. The fraction of sp³-hybridized carbons (Fsp3) is 0.250. The zero-order valence-electron chi connectivity index (χ0n) is 10.7. The minimum absolute atomic E-state index is 0.260. The maximum atomic E-state index is 11.3. The van der Waals surface area contributed by atoms with E-state index in [-0.39, 0.29) is 6.61 Å². The Balaban J connectivity index is 2.07. The number of benzene rings is 1. The number of hydrogen-bond acceptors (Lipinski definition) is 6. The molecule has 7 nitrogen and oxygen atoms in total. The van der Waals surface area contributed by atoms with Crippen molar-refractivity contribution in [2.75, 3.05) is 12.8 Å². The standard InChI is InChI=1S/C12H14N4O3/c1-16-6-9(14-15-16)7-19-11-4-3-8(5-10(11)13)12(17)18-2/h3-6H,7,13H2,1-2H3. The van der Waals surface area contributed by atoms with Gasteiger partial charge in [0.1, 0.15) is 18.1 Å². The van der Waals surface area contributed by atoms with Gasteiger partial charge in [-0.2, -0.15) is 0 Å². The fourth-order valence-corrected chi connectivity index (χ4v) is 1.54. The molecule has 0 amide bonds. The molecule has 1 aromatic carbocycles. The van der Waals surface area contributed by atoms with Crippen LogP contribution in [0.15, 0.2) is 24.4 Å². The second-order valence-electron chi connectivity index (χ2n) is 3.92. The van der Waals surface area contributed by atoms with Crippen molar-refractivity contribution >= 4 is 11.7 Å². The Morgan fingerprint density at radius 3 is 2.84 bits per heavy atom. The van der Waals surface area contributed by atoms with Gasteiger partial charge in [0.05, 0.1) is 24.6 Å². The highest BCUT2D eigenvalue weighted by Gasteiger charge is 2.09. The van der Waals surface area contributed by atoms with Crippen molar-refractivity contribution in [3.05, 3.63) is 35.7 Å². The lowest BCUT2D eigenvalue weighted by Crippen LogP contribution is -2.04. The number of carbonyl (C=O) groups excluding carboxylic acids is 1. The highest BCUT2D eigenvalue weighted by molar-refractivity contribution is 5.90. The van der Waals surface area contributed by atoms with Gasteiger partial charge >= 0.3 is 5.97 Å². The first-order valence-corrected chi connectivity index (χ1v) is 5.56. The summed E-state index contributed by atoms with van der Waals surface area (Å²) in [5.74, 6) is 0.0467. The molecule has 2 aromatic rings. The number of aromatic nitrogens is 3. The van der Waals surface area contributed by atoms with Crippen LogP contribution < -0.4 is 10.5 Å². The lowest BCUT2D eigenvalue weighted by Gasteiger charge is -2.08. The summed E-state index contributed by atoms with van der Waals surface area (Å²) in [5.41, 5.74) is 7.25. The maximum absolute atomic E-state index is 11.3. The van der Waals surface area contributed by atoms with Gasteiger partial charge in [-0.15, -0.1) is 5.10 Å². The van der Waals surface area contributed by atoms with Crippen LogP contribution in [0.4, 0.5) is 5.69 Å². The number of anilines is 1. The third-order valence-corrected chi connectivity index (χ3v) is 2.46. The molecule has 0 fully saturated rings. The molecule has 0 spiro atoms. The SMILES string of the molecule is COC(=O)c1ccc(OCc2cn(C)nn2)c(N)c1. The molecular weight excluding hydrogens is 248 g/mol. The molecule has 0 saturated carbocycles. The lowest BCUT2D eigenvalue weighted by atomic mass is 10.2. The van der Waals surface area contributed by atoms with Crippen molar-refractivity contribution in [1.82, 2.24) is 15.0 Å². The second kappa shape index (κ2) is 5.38. The van der Waals surface area contributed by atoms with E-state index in [9.17, 15) is 4.79 Å². The summed E-state index contributed by atoms with van der Waals surface area (Å²) in [6.07, 6.45) is 1.75. The van der Waals surface area contributed by atoms with E-state index < -0.39 is 5.97 Å². The van der Waals surface area contributed by atoms with Gasteiger partial charge in [-0.3, -0.25) is 4.68 Å². The third kappa shape index (κ3) is 3.01. The van der Waals surface area contributed by atoms with E-state index in [1.165, 1.54) is 13.2 Å². The highest BCUT2D eigenvalue weighted by Crippen LogP contribution is 2.23. The number of carbonyl (C=O) groups is 1. The molecule has 0 atom stereocenters. The Kier molecular flexibility index (Phi) is 3.65. The molecule has 0 aliphatic carbocycles. The highest BCUT2D eigenvalue weighted by atomic mass is 16.5. The Labute approximate surface area is 109 Å². The molecule has 1 aromatic heterocycles. The van der Waals surface area contributed by atoms with Crippen molar-refractivity contribution in [2.24, 2.45) is 7.05 Å². The summed E-state index contributed by atoms with van der Waals surface area (Å²) in [4.78, 5) is 11.3. The lowest BCUT2D eigenvalue weighted by molar-refractivity contribution is 0.0600. The Hall–Kier alpha value is -2.57. The van der Waals surface area contributed by atoms with Crippen LogP contribution in [0.25, 0.3) is 0 Å². The van der Waals surface area contributed by atoms with Gasteiger partial charge in [0.2, 0.25) is 0 Å². The van der Waals surface area contributed by atoms with Crippen molar-refractivity contribution in [3.63, 3.8) is 0 Å². The van der Waals surface area contributed by atoms with E-state index in [2.05, 4.69) is 15.0 Å². The molecule has 0 radical (unpaired) electrons. The van der Waals surface area contributed by atoms with E-state index in [0.29, 0.717) is 22.7 Å². The molecule has 1 heterocycles. The second-order valence-corrected chi connectivity index (χ2v) is 3.92. The van der Waals surface area contributed by atoms with Gasteiger partial charge in [-0.1, -0.05) is 5.21 Å².